The third-order valence-electron chi connectivity index (χ3n) is 16.4. The molecule has 0 saturated heterocycles. The lowest BCUT2D eigenvalue weighted by Gasteiger charge is -2.31. The van der Waals surface area contributed by atoms with Gasteiger partial charge in [0.2, 0.25) is 35.4 Å². The number of aromatic nitrogens is 2. The van der Waals surface area contributed by atoms with E-state index in [9.17, 15) is 58.2 Å². The van der Waals surface area contributed by atoms with E-state index in [0.717, 1.165) is 27.8 Å². The molecule has 7 amide bonds. The van der Waals surface area contributed by atoms with Gasteiger partial charge in [-0.2, -0.15) is 0 Å². The third-order valence-corrected chi connectivity index (χ3v) is 16.4. The van der Waals surface area contributed by atoms with Crippen LogP contribution in [-0.4, -0.2) is 118 Å². The Bertz CT molecular complexity index is 3810. The van der Waals surface area contributed by atoms with Crippen molar-refractivity contribution in [3.8, 4) is 22.5 Å². The van der Waals surface area contributed by atoms with E-state index in [1.54, 1.807) is 50.2 Å². The van der Waals surface area contributed by atoms with Crippen LogP contribution in [0.1, 0.15) is 107 Å². The summed E-state index contributed by atoms with van der Waals surface area (Å²) < 4.78 is 27.6. The second-order valence-electron chi connectivity index (χ2n) is 21.9. The maximum atomic E-state index is 15.4. The number of carboxylic acid groups (broad SMARTS) is 1. The number of carbonyl (C=O) groups is 9. The lowest BCUT2D eigenvalue weighted by atomic mass is 9.81. The molecule has 0 saturated carbocycles. The van der Waals surface area contributed by atoms with Gasteiger partial charge in [0.25, 0.3) is 5.56 Å². The Morgan fingerprint density at radius 3 is 2.13 bits per heavy atom. The summed E-state index contributed by atoms with van der Waals surface area (Å²) in [5, 5.41) is 39.4. The SMILES string of the molecule is CC[C@@]1(O)C(=O)OCc2c1cc1n(c2=O)Cc2c-1nc1cc(F)c(C)c3c1c2[C@@H](NC(=O)CCCCNC(=O)CNC(=O)[C@H](Cc1ccccc1)NC(=O)CNC(=O)CNC(=O)[C@H](CC(=O)O)NC(=O)OCC1c2ccccc2-c2ccccc21)CC3. The Hall–Kier alpha value is -9.84. The zero-order chi connectivity index (χ0) is 61.7. The van der Waals surface area contributed by atoms with E-state index in [-0.39, 0.29) is 68.5 Å². The van der Waals surface area contributed by atoms with Gasteiger partial charge in [0.05, 0.1) is 61.1 Å². The second kappa shape index (κ2) is 25.8. The van der Waals surface area contributed by atoms with Gasteiger partial charge in [-0.25, -0.2) is 19.0 Å². The summed E-state index contributed by atoms with van der Waals surface area (Å²) in [6.07, 6.45) is -0.211. The minimum atomic E-state index is -2.04. The van der Waals surface area contributed by atoms with E-state index < -0.39 is 109 Å². The first-order valence-corrected chi connectivity index (χ1v) is 28.7. The van der Waals surface area contributed by atoms with Crippen LogP contribution in [-0.2, 0) is 79.4 Å². The van der Waals surface area contributed by atoms with E-state index in [1.807, 2.05) is 48.5 Å². The standard InChI is InChI=1S/C63H64FN9O14/c1-3-63(85)43-24-49-57-40(30-73(49)60(82)42(43)32-86-61(63)83)56-45(21-20-35-33(2)44(64)25-46(71-57)55(35)56)69-50(74)19-11-12-22-65-51(75)27-67-58(80)47(23-34-13-5-4-6-14-34)70-53(77)29-66-52(76)28-68-59(81)48(26-54(78)79)72-62(84)87-31-41-38-17-9-7-15-36(38)37-16-8-10-18-39(37)41/h4-10,13-18,24-25,41,45,47-48,85H,3,11-12,19-23,26-32H2,1-2H3,(H,65,75)(H,66,76)(H,67,80)(H,68,81)(H,69,74)(H,70,77)(H,72,84)(H,78,79)/t45-,47-,48-,63-/m0/s1. The number of cyclic esters (lactones) is 1. The predicted molar refractivity (Wildman–Crippen MR) is 311 cm³/mol. The number of nitrogens with one attached hydrogen (secondary N) is 7. The van der Waals surface area contributed by atoms with Gasteiger partial charge in [-0.1, -0.05) is 85.8 Å². The number of aryl methyl sites for hydroxylation is 1. The second-order valence-corrected chi connectivity index (χ2v) is 21.9. The summed E-state index contributed by atoms with van der Waals surface area (Å²) in [4.78, 5) is 135. The summed E-state index contributed by atoms with van der Waals surface area (Å²) in [6.45, 7) is 1.33. The van der Waals surface area contributed by atoms with Gasteiger partial charge in [-0.3, -0.25) is 38.4 Å². The molecule has 0 fully saturated rings. The zero-order valence-electron chi connectivity index (χ0n) is 47.6. The molecule has 0 unspecified atom stereocenters. The molecule has 24 heteroatoms. The number of carbonyl (C=O) groups excluding carboxylic acids is 8. The lowest BCUT2D eigenvalue weighted by molar-refractivity contribution is -0.172. The van der Waals surface area contributed by atoms with Crippen molar-refractivity contribution in [3.63, 3.8) is 0 Å². The van der Waals surface area contributed by atoms with Gasteiger partial charge in [0, 0.05) is 47.9 Å². The summed E-state index contributed by atoms with van der Waals surface area (Å²) in [6, 6.07) is 23.6. The van der Waals surface area contributed by atoms with Crippen LogP contribution < -0.4 is 42.8 Å². The molecular weight excluding hydrogens is 1130 g/mol. The number of halogens is 1. The highest BCUT2D eigenvalue weighted by Crippen LogP contribution is 2.47. The maximum Gasteiger partial charge on any atom is 0.407 e. The lowest BCUT2D eigenvalue weighted by Crippen LogP contribution is -2.53. The Kier molecular flexibility index (Phi) is 17.9. The van der Waals surface area contributed by atoms with Crippen molar-refractivity contribution in [1.82, 2.24) is 46.8 Å². The van der Waals surface area contributed by atoms with Crippen LogP contribution in [0, 0.1) is 12.7 Å². The maximum absolute atomic E-state index is 15.4. The number of pyridine rings is 2. The summed E-state index contributed by atoms with van der Waals surface area (Å²) in [7, 11) is 0. The number of benzene rings is 4. The number of ether oxygens (including phenoxy) is 2. The molecule has 452 valence electrons. The predicted octanol–water partition coefficient (Wildman–Crippen LogP) is 3.38. The molecule has 2 aliphatic heterocycles. The van der Waals surface area contributed by atoms with E-state index in [0.29, 0.717) is 70.2 Å². The number of rotatable bonds is 23. The summed E-state index contributed by atoms with van der Waals surface area (Å²) in [5.74, 6) is -7.21. The molecule has 2 aromatic heterocycles. The van der Waals surface area contributed by atoms with Gasteiger partial charge in [0.1, 0.15) is 31.1 Å². The molecule has 10 rings (SSSR count). The Morgan fingerprint density at radius 1 is 0.782 bits per heavy atom. The number of alkyl carbamates (subject to hydrolysis) is 1. The molecule has 0 spiro atoms. The molecule has 87 heavy (non-hydrogen) atoms. The summed E-state index contributed by atoms with van der Waals surface area (Å²) >= 11 is 0. The monoisotopic (exact) mass is 1190 g/mol. The minimum absolute atomic E-state index is 0.00638. The molecule has 0 bridgehead atoms. The van der Waals surface area contributed by atoms with Gasteiger partial charge >= 0.3 is 18.0 Å². The van der Waals surface area contributed by atoms with E-state index in [4.69, 9.17) is 14.5 Å². The highest BCUT2D eigenvalue weighted by Gasteiger charge is 2.46. The molecule has 0 radical (unpaired) electrons. The molecule has 6 aromatic rings. The molecule has 4 aliphatic rings. The van der Waals surface area contributed by atoms with Crippen molar-refractivity contribution < 1.29 is 67.2 Å². The van der Waals surface area contributed by atoms with Gasteiger partial charge in [-0.15, -0.1) is 0 Å². The van der Waals surface area contributed by atoms with Crippen molar-refractivity contribution >= 4 is 64.4 Å². The van der Waals surface area contributed by atoms with Crippen molar-refractivity contribution in [2.75, 3.05) is 32.8 Å². The number of amides is 7. The number of esters is 1. The normalized spacial score (nSPS) is 16.5. The van der Waals surface area contributed by atoms with Crippen LogP contribution in [0.2, 0.25) is 0 Å². The van der Waals surface area contributed by atoms with Gasteiger partial charge in [0.15, 0.2) is 5.60 Å². The van der Waals surface area contributed by atoms with Crippen LogP contribution in [0.25, 0.3) is 33.4 Å². The van der Waals surface area contributed by atoms with Crippen LogP contribution in [0.5, 0.6) is 0 Å². The minimum Gasteiger partial charge on any atom is -0.481 e. The smallest absolute Gasteiger partial charge is 0.407 e. The van der Waals surface area contributed by atoms with E-state index in [2.05, 4.69) is 37.2 Å². The topological polar surface area (TPSA) is 332 Å². The van der Waals surface area contributed by atoms with Gasteiger partial charge < -0.3 is 61.5 Å². The Balaban J connectivity index is 0.675. The zero-order valence-corrected chi connectivity index (χ0v) is 47.6. The molecule has 9 N–H and O–H groups in total. The average molecular weight is 1190 g/mol. The first-order chi connectivity index (χ1) is 41.8. The molecular formula is C63H64FN9O14. The van der Waals surface area contributed by atoms with E-state index >= 15 is 4.39 Å². The number of carboxylic acids is 1. The number of hydrogen-bond acceptors (Lipinski definition) is 14. The first-order valence-electron chi connectivity index (χ1n) is 28.7. The molecule has 4 heterocycles. The van der Waals surface area contributed by atoms with Crippen LogP contribution in [0.15, 0.2) is 95.8 Å². The van der Waals surface area contributed by atoms with Crippen LogP contribution in [0.3, 0.4) is 0 Å². The number of fused-ring (bicyclic) bond motifs is 8. The number of aliphatic hydroxyl groups is 1. The number of nitrogens with zero attached hydrogens (tertiary/aromatic N) is 2. The van der Waals surface area contributed by atoms with E-state index in [1.165, 1.54) is 10.6 Å². The fraction of sp³-hybridized carbons (Fsp3) is 0.349. The number of aliphatic carboxylic acids is 1. The van der Waals surface area contributed by atoms with Crippen molar-refractivity contribution in [2.24, 2.45) is 0 Å². The molecule has 23 nitrogen and oxygen atoms in total. The average Bonchev–Trinajstić information content (AvgIpc) is 1.66. The molecule has 4 aromatic carbocycles. The Labute approximate surface area is 497 Å². The van der Waals surface area contributed by atoms with Crippen molar-refractivity contribution in [2.45, 2.75) is 108 Å². The molecule has 4 atom stereocenters. The quantitative estimate of drug-likeness (QED) is 0.0328. The fourth-order valence-electron chi connectivity index (χ4n) is 12.0. The van der Waals surface area contributed by atoms with Crippen molar-refractivity contribution in [1.29, 1.82) is 0 Å². The number of unbranched alkanes of at least 4 members (excludes halogenated alkanes) is 1. The van der Waals surface area contributed by atoms with Crippen LogP contribution in [0.4, 0.5) is 9.18 Å². The number of hydrogen-bond donors (Lipinski definition) is 9. The summed E-state index contributed by atoms with van der Waals surface area (Å²) in [5.41, 5.74) is 6.02. The first kappa shape index (κ1) is 60.3. The third kappa shape index (κ3) is 12.8. The Morgan fingerprint density at radius 2 is 1.44 bits per heavy atom. The highest BCUT2D eigenvalue weighted by molar-refractivity contribution is 5.96. The highest BCUT2D eigenvalue weighted by atomic mass is 19.1. The van der Waals surface area contributed by atoms with Gasteiger partial charge in [-0.05, 0) is 89.6 Å². The van der Waals surface area contributed by atoms with Crippen LogP contribution >= 0.6 is 0 Å². The van der Waals surface area contributed by atoms with Crippen molar-refractivity contribution in [3.05, 3.63) is 157 Å². The fourth-order valence-corrected chi connectivity index (χ4v) is 12.0. The largest absolute Gasteiger partial charge is 0.481 e. The molecule has 2 aliphatic carbocycles.